The van der Waals surface area contributed by atoms with E-state index in [-0.39, 0.29) is 6.10 Å². The minimum Gasteiger partial charge on any atom is -0.377 e. The fraction of sp³-hybridized carbons (Fsp3) is 0.500. The quantitative estimate of drug-likeness (QED) is 0.716. The van der Waals surface area contributed by atoms with E-state index in [4.69, 9.17) is 10.00 Å². The SMILES string of the molecule is CC1CN(c2cccc(C#N)n2)CCCO1. The summed E-state index contributed by atoms with van der Waals surface area (Å²) < 4.78 is 5.58. The van der Waals surface area contributed by atoms with Crippen LogP contribution < -0.4 is 4.90 Å². The summed E-state index contributed by atoms with van der Waals surface area (Å²) in [6.07, 6.45) is 1.22. The second kappa shape index (κ2) is 4.95. The van der Waals surface area contributed by atoms with E-state index in [1.165, 1.54) is 0 Å². The summed E-state index contributed by atoms with van der Waals surface area (Å²) in [5.74, 6) is 0.872. The van der Waals surface area contributed by atoms with Crippen molar-refractivity contribution < 1.29 is 4.74 Å². The summed E-state index contributed by atoms with van der Waals surface area (Å²) in [5.41, 5.74) is 0.468. The Morgan fingerprint density at radius 1 is 1.56 bits per heavy atom. The Kier molecular flexibility index (Phi) is 3.37. The monoisotopic (exact) mass is 217 g/mol. The highest BCUT2D eigenvalue weighted by atomic mass is 16.5. The zero-order valence-corrected chi connectivity index (χ0v) is 9.39. The third kappa shape index (κ3) is 2.50. The first kappa shape index (κ1) is 10.9. The van der Waals surface area contributed by atoms with Crippen molar-refractivity contribution in [3.8, 4) is 6.07 Å². The molecule has 2 heterocycles. The summed E-state index contributed by atoms with van der Waals surface area (Å²) >= 11 is 0. The first-order chi connectivity index (χ1) is 7.79. The highest BCUT2D eigenvalue weighted by molar-refractivity contribution is 5.41. The molecule has 1 atom stereocenters. The molecule has 84 valence electrons. The van der Waals surface area contributed by atoms with E-state index in [1.54, 1.807) is 6.07 Å². The molecule has 0 bridgehead atoms. The molecule has 16 heavy (non-hydrogen) atoms. The van der Waals surface area contributed by atoms with Crippen molar-refractivity contribution in [1.82, 2.24) is 4.98 Å². The largest absolute Gasteiger partial charge is 0.377 e. The number of hydrogen-bond acceptors (Lipinski definition) is 4. The Balaban J connectivity index is 2.18. The van der Waals surface area contributed by atoms with Crippen LogP contribution in [-0.2, 0) is 4.74 Å². The number of hydrogen-bond donors (Lipinski definition) is 0. The molecule has 1 aliphatic heterocycles. The predicted molar refractivity (Wildman–Crippen MR) is 61.2 cm³/mol. The molecule has 0 N–H and O–H groups in total. The van der Waals surface area contributed by atoms with Crippen LogP contribution in [0.3, 0.4) is 0 Å². The molecular formula is C12H15N3O. The maximum Gasteiger partial charge on any atom is 0.142 e. The zero-order chi connectivity index (χ0) is 11.4. The molecule has 0 amide bonds. The van der Waals surface area contributed by atoms with Crippen LogP contribution >= 0.6 is 0 Å². The molecule has 1 fully saturated rings. The number of pyridine rings is 1. The molecule has 1 aromatic rings. The minimum absolute atomic E-state index is 0.218. The molecule has 0 saturated carbocycles. The van der Waals surface area contributed by atoms with Gasteiger partial charge in [0.25, 0.3) is 0 Å². The summed E-state index contributed by atoms with van der Waals surface area (Å²) in [5, 5.41) is 8.81. The average molecular weight is 217 g/mol. The summed E-state index contributed by atoms with van der Waals surface area (Å²) in [6, 6.07) is 7.60. The van der Waals surface area contributed by atoms with Crippen LogP contribution in [0.1, 0.15) is 19.0 Å². The van der Waals surface area contributed by atoms with E-state index >= 15 is 0 Å². The summed E-state index contributed by atoms with van der Waals surface area (Å²) in [4.78, 5) is 6.48. The lowest BCUT2D eigenvalue weighted by molar-refractivity contribution is 0.0820. The molecule has 1 aliphatic rings. The standard InChI is InChI=1S/C12H15N3O/c1-10-9-15(6-3-7-16-10)12-5-2-4-11(8-13)14-12/h2,4-5,10H,3,6-7,9H2,1H3. The molecule has 2 rings (SSSR count). The van der Waals surface area contributed by atoms with Gasteiger partial charge in [-0.3, -0.25) is 0 Å². The van der Waals surface area contributed by atoms with E-state index in [0.29, 0.717) is 5.69 Å². The third-order valence-electron chi connectivity index (χ3n) is 2.63. The van der Waals surface area contributed by atoms with Crippen molar-refractivity contribution in [2.75, 3.05) is 24.6 Å². The van der Waals surface area contributed by atoms with Crippen LogP contribution in [0.5, 0.6) is 0 Å². The normalized spacial score (nSPS) is 21.2. The van der Waals surface area contributed by atoms with Gasteiger partial charge >= 0.3 is 0 Å². The van der Waals surface area contributed by atoms with E-state index in [2.05, 4.69) is 22.9 Å². The molecule has 1 unspecified atom stereocenters. The van der Waals surface area contributed by atoms with Crippen molar-refractivity contribution in [2.24, 2.45) is 0 Å². The Morgan fingerprint density at radius 2 is 2.44 bits per heavy atom. The van der Waals surface area contributed by atoms with Gasteiger partial charge in [-0.25, -0.2) is 4.98 Å². The highest BCUT2D eigenvalue weighted by Crippen LogP contribution is 2.15. The number of anilines is 1. The van der Waals surface area contributed by atoms with Crippen LogP contribution in [-0.4, -0.2) is 30.8 Å². The minimum atomic E-state index is 0.218. The Bertz CT molecular complexity index is 399. The molecule has 4 heteroatoms. The summed E-state index contributed by atoms with van der Waals surface area (Å²) in [7, 11) is 0. The molecule has 0 radical (unpaired) electrons. The van der Waals surface area contributed by atoms with Crippen molar-refractivity contribution in [3.05, 3.63) is 23.9 Å². The van der Waals surface area contributed by atoms with Gasteiger partial charge in [-0.1, -0.05) is 6.07 Å². The number of nitrogens with zero attached hydrogens (tertiary/aromatic N) is 3. The molecular weight excluding hydrogens is 202 g/mol. The topological polar surface area (TPSA) is 49.2 Å². The first-order valence-electron chi connectivity index (χ1n) is 5.53. The lowest BCUT2D eigenvalue weighted by Crippen LogP contribution is -2.30. The maximum atomic E-state index is 8.81. The van der Waals surface area contributed by atoms with Gasteiger partial charge in [0.1, 0.15) is 17.6 Å². The Labute approximate surface area is 95.5 Å². The van der Waals surface area contributed by atoms with Gasteiger partial charge < -0.3 is 9.64 Å². The second-order valence-electron chi connectivity index (χ2n) is 3.97. The van der Waals surface area contributed by atoms with E-state index in [0.717, 1.165) is 31.9 Å². The lowest BCUT2D eigenvalue weighted by Gasteiger charge is -2.23. The molecule has 1 aromatic heterocycles. The van der Waals surface area contributed by atoms with Gasteiger partial charge in [0, 0.05) is 19.7 Å². The van der Waals surface area contributed by atoms with Crippen molar-refractivity contribution >= 4 is 5.82 Å². The molecule has 1 saturated heterocycles. The van der Waals surface area contributed by atoms with Gasteiger partial charge in [0.15, 0.2) is 0 Å². The van der Waals surface area contributed by atoms with E-state index in [1.807, 2.05) is 12.1 Å². The Morgan fingerprint density at radius 3 is 3.25 bits per heavy atom. The maximum absolute atomic E-state index is 8.81. The second-order valence-corrected chi connectivity index (χ2v) is 3.97. The number of nitriles is 1. The number of ether oxygens (including phenoxy) is 1. The molecule has 4 nitrogen and oxygen atoms in total. The smallest absolute Gasteiger partial charge is 0.142 e. The number of rotatable bonds is 1. The van der Waals surface area contributed by atoms with Gasteiger partial charge in [0.2, 0.25) is 0 Å². The van der Waals surface area contributed by atoms with Crippen molar-refractivity contribution in [2.45, 2.75) is 19.4 Å². The van der Waals surface area contributed by atoms with Crippen LogP contribution in [0.4, 0.5) is 5.82 Å². The van der Waals surface area contributed by atoms with Crippen LogP contribution in [0.25, 0.3) is 0 Å². The van der Waals surface area contributed by atoms with Crippen LogP contribution in [0.2, 0.25) is 0 Å². The van der Waals surface area contributed by atoms with E-state index < -0.39 is 0 Å². The fourth-order valence-corrected chi connectivity index (χ4v) is 1.86. The third-order valence-corrected chi connectivity index (χ3v) is 2.63. The van der Waals surface area contributed by atoms with Crippen LogP contribution in [0, 0.1) is 11.3 Å². The van der Waals surface area contributed by atoms with Crippen molar-refractivity contribution in [3.63, 3.8) is 0 Å². The molecule has 0 aliphatic carbocycles. The highest BCUT2D eigenvalue weighted by Gasteiger charge is 2.16. The Hall–Kier alpha value is -1.60. The first-order valence-corrected chi connectivity index (χ1v) is 5.53. The zero-order valence-electron chi connectivity index (χ0n) is 9.39. The predicted octanol–water partition coefficient (Wildman–Crippen LogP) is 1.57. The average Bonchev–Trinajstić information content (AvgIpc) is 2.54. The van der Waals surface area contributed by atoms with Gasteiger partial charge in [-0.2, -0.15) is 5.26 Å². The van der Waals surface area contributed by atoms with Gasteiger partial charge in [-0.05, 0) is 25.5 Å². The van der Waals surface area contributed by atoms with Crippen LogP contribution in [0.15, 0.2) is 18.2 Å². The number of aromatic nitrogens is 1. The fourth-order valence-electron chi connectivity index (χ4n) is 1.86. The molecule has 0 aromatic carbocycles. The summed E-state index contributed by atoms with van der Waals surface area (Å²) in [6.45, 7) is 4.64. The van der Waals surface area contributed by atoms with E-state index in [9.17, 15) is 0 Å². The van der Waals surface area contributed by atoms with Gasteiger partial charge in [0.05, 0.1) is 6.10 Å². The lowest BCUT2D eigenvalue weighted by atomic mass is 10.3. The molecule has 0 spiro atoms. The van der Waals surface area contributed by atoms with Gasteiger partial charge in [-0.15, -0.1) is 0 Å². The van der Waals surface area contributed by atoms with Crippen molar-refractivity contribution in [1.29, 1.82) is 5.26 Å².